The monoisotopic (exact) mass is 397 g/mol. The van der Waals surface area contributed by atoms with Crippen LogP contribution in [-0.2, 0) is 10.0 Å². The summed E-state index contributed by atoms with van der Waals surface area (Å²) in [6.45, 7) is 4.02. The van der Waals surface area contributed by atoms with Gasteiger partial charge in [-0.2, -0.15) is 0 Å². The van der Waals surface area contributed by atoms with Crippen molar-refractivity contribution in [2.24, 2.45) is 5.73 Å². The Labute approximate surface area is 160 Å². The molecule has 1 atom stereocenters. The molecular formula is C18H24ClN3O3S. The highest BCUT2D eigenvalue weighted by Gasteiger charge is 2.22. The third-order valence-corrected chi connectivity index (χ3v) is 5.66. The first-order valence-corrected chi connectivity index (χ1v) is 9.36. The first-order valence-electron chi connectivity index (χ1n) is 7.92. The van der Waals surface area contributed by atoms with Crippen LogP contribution in [0.1, 0.15) is 22.8 Å². The van der Waals surface area contributed by atoms with E-state index >= 15 is 0 Å². The van der Waals surface area contributed by atoms with Crippen molar-refractivity contribution in [3.63, 3.8) is 0 Å². The van der Waals surface area contributed by atoms with Gasteiger partial charge in [0.25, 0.3) is 15.9 Å². The number of sulfonamides is 1. The fourth-order valence-electron chi connectivity index (χ4n) is 2.22. The lowest BCUT2D eigenvalue weighted by Crippen LogP contribution is -2.37. The largest absolute Gasteiger partial charge is 0.348 e. The molecule has 0 radical (unpaired) electrons. The number of carbonyl (C=O) groups is 1. The maximum Gasteiger partial charge on any atom is 0.264 e. The molecule has 0 saturated heterocycles. The minimum atomic E-state index is -3.77. The van der Waals surface area contributed by atoms with Crippen molar-refractivity contribution in [1.82, 2.24) is 5.32 Å². The lowest BCUT2D eigenvalue weighted by molar-refractivity contribution is 0.0941. The quantitative estimate of drug-likeness (QED) is 0.782. The molecular weight excluding hydrogens is 374 g/mol. The van der Waals surface area contributed by atoms with E-state index in [2.05, 4.69) is 5.32 Å². The predicted molar refractivity (Wildman–Crippen MR) is 106 cm³/mol. The van der Waals surface area contributed by atoms with Gasteiger partial charge in [-0.25, -0.2) is 8.42 Å². The second-order valence-corrected chi connectivity index (χ2v) is 7.92. The third-order valence-electron chi connectivity index (χ3n) is 3.88. The zero-order valence-electron chi connectivity index (χ0n) is 15.0. The van der Waals surface area contributed by atoms with Crippen LogP contribution in [0.25, 0.3) is 0 Å². The van der Waals surface area contributed by atoms with Crippen LogP contribution in [0.15, 0.2) is 53.4 Å². The van der Waals surface area contributed by atoms with E-state index < -0.39 is 10.0 Å². The van der Waals surface area contributed by atoms with Crippen LogP contribution in [0.5, 0.6) is 0 Å². The molecule has 0 aromatic heterocycles. The summed E-state index contributed by atoms with van der Waals surface area (Å²) in [7, 11) is -2.28. The number of nitrogens with one attached hydrogen (secondary N) is 1. The Hall–Kier alpha value is -2.09. The van der Waals surface area contributed by atoms with Gasteiger partial charge in [-0.15, -0.1) is 12.4 Å². The average Bonchev–Trinajstić information content (AvgIpc) is 2.61. The topological polar surface area (TPSA) is 92.5 Å². The number of aryl methyl sites for hydroxylation is 1. The van der Waals surface area contributed by atoms with Crippen molar-refractivity contribution < 1.29 is 13.2 Å². The highest BCUT2D eigenvalue weighted by atomic mass is 35.5. The lowest BCUT2D eigenvalue weighted by atomic mass is 10.2. The summed E-state index contributed by atoms with van der Waals surface area (Å²) in [5.74, 6) is -0.354. The summed E-state index contributed by atoms with van der Waals surface area (Å²) < 4.78 is 26.9. The highest BCUT2D eigenvalue weighted by molar-refractivity contribution is 7.92. The van der Waals surface area contributed by atoms with Crippen molar-refractivity contribution in [3.05, 3.63) is 59.7 Å². The van der Waals surface area contributed by atoms with E-state index in [1.807, 2.05) is 19.1 Å². The number of hydrogen-bond donors (Lipinski definition) is 2. The first kappa shape index (κ1) is 22.0. The highest BCUT2D eigenvalue weighted by Crippen LogP contribution is 2.23. The molecule has 8 heteroatoms. The van der Waals surface area contributed by atoms with Gasteiger partial charge in [-0.3, -0.25) is 9.10 Å². The number of rotatable bonds is 6. The summed E-state index contributed by atoms with van der Waals surface area (Å²) in [4.78, 5) is 12.3. The molecule has 26 heavy (non-hydrogen) atoms. The molecule has 2 aromatic rings. The molecule has 0 saturated carbocycles. The van der Waals surface area contributed by atoms with Gasteiger partial charge in [0.05, 0.1) is 10.6 Å². The van der Waals surface area contributed by atoms with Gasteiger partial charge in [-0.05, 0) is 44.2 Å². The number of anilines is 1. The van der Waals surface area contributed by atoms with E-state index in [0.29, 0.717) is 12.2 Å². The molecule has 0 heterocycles. The van der Waals surface area contributed by atoms with Crippen molar-refractivity contribution >= 4 is 34.0 Å². The fraction of sp³-hybridized carbons (Fsp3) is 0.278. The summed E-state index contributed by atoms with van der Waals surface area (Å²) in [5, 5.41) is 2.72. The van der Waals surface area contributed by atoms with Gasteiger partial charge >= 0.3 is 0 Å². The molecule has 0 spiro atoms. The minimum absolute atomic E-state index is 0. The Morgan fingerprint density at radius 3 is 2.38 bits per heavy atom. The Balaban J connectivity index is 0.00000338. The Morgan fingerprint density at radius 2 is 1.81 bits per heavy atom. The number of amides is 1. The average molecular weight is 398 g/mol. The van der Waals surface area contributed by atoms with Gasteiger partial charge in [0.1, 0.15) is 0 Å². The smallest absolute Gasteiger partial charge is 0.264 e. The first-order chi connectivity index (χ1) is 11.8. The van der Waals surface area contributed by atoms with Crippen molar-refractivity contribution in [1.29, 1.82) is 0 Å². The van der Waals surface area contributed by atoms with E-state index in [1.165, 1.54) is 23.5 Å². The van der Waals surface area contributed by atoms with Gasteiger partial charge in [0.2, 0.25) is 0 Å². The molecule has 0 aliphatic carbocycles. The molecule has 0 aliphatic heterocycles. The van der Waals surface area contributed by atoms with Crippen molar-refractivity contribution in [3.8, 4) is 0 Å². The summed E-state index contributed by atoms with van der Waals surface area (Å²) in [6, 6.07) is 13.0. The molecule has 3 N–H and O–H groups in total. The Kier molecular flexibility index (Phi) is 7.62. The maximum absolute atomic E-state index is 12.8. The van der Waals surface area contributed by atoms with E-state index in [9.17, 15) is 13.2 Å². The summed E-state index contributed by atoms with van der Waals surface area (Å²) in [5.41, 5.74) is 7.37. The van der Waals surface area contributed by atoms with Crippen LogP contribution >= 0.6 is 12.4 Å². The lowest BCUT2D eigenvalue weighted by Gasteiger charge is -2.20. The van der Waals surface area contributed by atoms with Crippen LogP contribution in [0.4, 0.5) is 5.69 Å². The van der Waals surface area contributed by atoms with Crippen molar-refractivity contribution in [2.75, 3.05) is 17.9 Å². The van der Waals surface area contributed by atoms with E-state index in [0.717, 1.165) is 5.56 Å². The van der Waals surface area contributed by atoms with E-state index in [-0.39, 0.29) is 34.8 Å². The van der Waals surface area contributed by atoms with Gasteiger partial charge in [-0.1, -0.05) is 23.8 Å². The van der Waals surface area contributed by atoms with Crippen molar-refractivity contribution in [2.45, 2.75) is 24.8 Å². The second-order valence-electron chi connectivity index (χ2n) is 5.95. The van der Waals surface area contributed by atoms with Crippen LogP contribution < -0.4 is 15.4 Å². The molecule has 2 aromatic carbocycles. The van der Waals surface area contributed by atoms with Crippen LogP contribution in [0.3, 0.4) is 0 Å². The van der Waals surface area contributed by atoms with E-state index in [1.54, 1.807) is 31.2 Å². The standard InChI is InChI=1S/C18H23N3O3S.ClH/c1-13-7-9-16(10-8-13)21(3)25(23,24)17-6-4-5-15(11-17)18(22)20-14(2)12-19;/h4-11,14H,12,19H2,1-3H3,(H,20,22);1H/t14-;/m0./s1. The maximum atomic E-state index is 12.8. The molecule has 1 amide bonds. The van der Waals surface area contributed by atoms with Gasteiger partial charge < -0.3 is 11.1 Å². The number of carbonyl (C=O) groups excluding carboxylic acids is 1. The summed E-state index contributed by atoms with van der Waals surface area (Å²) in [6.07, 6.45) is 0. The molecule has 2 rings (SSSR count). The number of hydrogen-bond acceptors (Lipinski definition) is 4. The Bertz CT molecular complexity index is 854. The number of halogens is 1. The minimum Gasteiger partial charge on any atom is -0.348 e. The molecule has 0 unspecified atom stereocenters. The normalized spacial score (nSPS) is 12.0. The van der Waals surface area contributed by atoms with Gasteiger partial charge in [0.15, 0.2) is 0 Å². The molecule has 6 nitrogen and oxygen atoms in total. The van der Waals surface area contributed by atoms with Gasteiger partial charge in [0, 0.05) is 25.2 Å². The Morgan fingerprint density at radius 1 is 1.19 bits per heavy atom. The van der Waals surface area contributed by atoms with E-state index in [4.69, 9.17) is 5.73 Å². The molecule has 0 fully saturated rings. The van der Waals surface area contributed by atoms with Crippen LogP contribution in [-0.4, -0.2) is 34.0 Å². The number of benzene rings is 2. The predicted octanol–water partition coefficient (Wildman–Crippen LogP) is 2.32. The molecule has 0 aliphatic rings. The number of nitrogens with zero attached hydrogens (tertiary/aromatic N) is 1. The zero-order chi connectivity index (χ0) is 18.6. The number of nitrogens with two attached hydrogens (primary N) is 1. The second kappa shape index (κ2) is 9.02. The van der Waals surface area contributed by atoms with Crippen LogP contribution in [0.2, 0.25) is 0 Å². The molecule has 0 bridgehead atoms. The third kappa shape index (κ3) is 4.97. The molecule has 142 valence electrons. The summed E-state index contributed by atoms with van der Waals surface area (Å²) >= 11 is 0. The zero-order valence-corrected chi connectivity index (χ0v) is 16.6. The van der Waals surface area contributed by atoms with Crippen LogP contribution in [0, 0.1) is 6.92 Å². The SMILES string of the molecule is Cc1ccc(N(C)S(=O)(=O)c2cccc(C(=O)N[C@@H](C)CN)c2)cc1.Cl. The fourth-order valence-corrected chi connectivity index (χ4v) is 3.46.